The fourth-order valence-corrected chi connectivity index (χ4v) is 1.69. The molecule has 0 saturated heterocycles. The lowest BCUT2D eigenvalue weighted by Crippen LogP contribution is -2.39. The molecule has 0 aromatic heterocycles. The van der Waals surface area contributed by atoms with Gasteiger partial charge >= 0.3 is 0 Å². The summed E-state index contributed by atoms with van der Waals surface area (Å²) in [5.74, 6) is 0.522. The molecule has 0 aliphatic heterocycles. The Morgan fingerprint density at radius 3 is 2.30 bits per heavy atom. The largest absolute Gasteiger partial charge is 0.369 e. The van der Waals surface area contributed by atoms with E-state index in [0.717, 1.165) is 19.5 Å². The van der Waals surface area contributed by atoms with Crippen molar-refractivity contribution in [2.45, 2.75) is 20.3 Å². The highest BCUT2D eigenvalue weighted by Gasteiger charge is 2.04. The van der Waals surface area contributed by atoms with Crippen LogP contribution in [0.2, 0.25) is 5.02 Å². The van der Waals surface area contributed by atoms with Gasteiger partial charge < -0.3 is 16.4 Å². The highest BCUT2D eigenvalue weighted by atomic mass is 35.5. The number of halogens is 2. The van der Waals surface area contributed by atoms with Gasteiger partial charge in [-0.3, -0.25) is 0 Å². The van der Waals surface area contributed by atoms with Crippen LogP contribution < -0.4 is 11.5 Å². The Bertz CT molecular complexity index is 456. The summed E-state index contributed by atoms with van der Waals surface area (Å²) in [5.41, 5.74) is 12.3. The number of nitrogens with two attached hydrogens (primary N) is 2. The van der Waals surface area contributed by atoms with Crippen LogP contribution in [0.1, 0.15) is 20.3 Å². The molecule has 0 atom stereocenters. The average molecular weight is 318 g/mol. The maximum absolute atomic E-state index is 5.89. The molecule has 0 unspecified atom stereocenters. The van der Waals surface area contributed by atoms with Gasteiger partial charge in [0.2, 0.25) is 5.96 Å². The Morgan fingerprint density at radius 2 is 1.80 bits per heavy atom. The molecular weight excluding hydrogens is 297 g/mol. The fraction of sp³-hybridized carbons (Fsp3) is 0.385. The van der Waals surface area contributed by atoms with Gasteiger partial charge in [-0.2, -0.15) is 4.99 Å². The van der Waals surface area contributed by atoms with Crippen LogP contribution in [0.3, 0.4) is 0 Å². The number of hydrogen-bond acceptors (Lipinski definition) is 1. The number of hydrogen-bond donors (Lipinski definition) is 2. The zero-order valence-corrected chi connectivity index (χ0v) is 13.3. The minimum Gasteiger partial charge on any atom is -0.369 e. The molecule has 5 nitrogen and oxygen atoms in total. The maximum Gasteiger partial charge on any atom is 0.223 e. The summed E-state index contributed by atoms with van der Waals surface area (Å²) in [6.07, 6.45) is 0.998. The molecule has 0 saturated carbocycles. The van der Waals surface area contributed by atoms with Crippen molar-refractivity contribution in [2.75, 3.05) is 13.1 Å². The Hall–Kier alpha value is -1.46. The Labute approximate surface area is 131 Å². The van der Waals surface area contributed by atoms with Crippen LogP contribution >= 0.6 is 24.0 Å². The first-order valence-corrected chi connectivity index (χ1v) is 6.63. The van der Waals surface area contributed by atoms with Crippen molar-refractivity contribution in [3.05, 3.63) is 29.3 Å². The summed E-state index contributed by atoms with van der Waals surface area (Å²) in [4.78, 5) is 10.2. The van der Waals surface area contributed by atoms with E-state index in [0.29, 0.717) is 16.7 Å². The highest BCUT2D eigenvalue weighted by Crippen LogP contribution is 2.16. The normalized spacial score (nSPS) is 11.9. The molecule has 0 heterocycles. The highest BCUT2D eigenvalue weighted by molar-refractivity contribution is 6.30. The predicted octanol–water partition coefficient (Wildman–Crippen LogP) is 2.75. The summed E-state index contributed by atoms with van der Waals surface area (Å²) in [6, 6.07) is 7.03. The van der Waals surface area contributed by atoms with Crippen LogP contribution in [0.25, 0.3) is 0 Å². The molecule has 1 rings (SSSR count). The molecule has 0 spiro atoms. The van der Waals surface area contributed by atoms with Gasteiger partial charge in [-0.15, -0.1) is 12.4 Å². The van der Waals surface area contributed by atoms with Crippen molar-refractivity contribution in [2.24, 2.45) is 21.5 Å². The van der Waals surface area contributed by atoms with Gasteiger partial charge in [0.05, 0.1) is 5.69 Å². The third-order valence-electron chi connectivity index (χ3n) is 2.50. The zero-order chi connectivity index (χ0) is 14.3. The van der Waals surface area contributed by atoms with Crippen molar-refractivity contribution < 1.29 is 0 Å². The van der Waals surface area contributed by atoms with Crippen molar-refractivity contribution in [1.29, 1.82) is 0 Å². The SMILES string of the molecule is CCCN(CC)C(N)=NC(N)=Nc1ccc(Cl)cc1.Cl. The van der Waals surface area contributed by atoms with Gasteiger partial charge in [-0.25, -0.2) is 4.99 Å². The van der Waals surface area contributed by atoms with Gasteiger partial charge in [-0.1, -0.05) is 18.5 Å². The maximum atomic E-state index is 5.89. The lowest BCUT2D eigenvalue weighted by molar-refractivity contribution is 0.435. The Morgan fingerprint density at radius 1 is 1.20 bits per heavy atom. The number of rotatable bonds is 4. The number of benzene rings is 1. The first-order chi connectivity index (χ1) is 9.06. The minimum absolute atomic E-state index is 0. The van der Waals surface area contributed by atoms with E-state index in [2.05, 4.69) is 16.9 Å². The van der Waals surface area contributed by atoms with E-state index in [4.69, 9.17) is 23.1 Å². The summed E-state index contributed by atoms with van der Waals surface area (Å²) in [7, 11) is 0. The molecule has 1 aromatic carbocycles. The van der Waals surface area contributed by atoms with Crippen LogP contribution in [0.4, 0.5) is 5.69 Å². The monoisotopic (exact) mass is 317 g/mol. The molecule has 7 heteroatoms. The van der Waals surface area contributed by atoms with Crippen molar-refractivity contribution >= 4 is 41.6 Å². The van der Waals surface area contributed by atoms with E-state index in [-0.39, 0.29) is 18.4 Å². The lowest BCUT2D eigenvalue weighted by Gasteiger charge is -2.20. The van der Waals surface area contributed by atoms with Crippen LogP contribution in [0, 0.1) is 0 Å². The quantitative estimate of drug-likeness (QED) is 0.662. The molecule has 4 N–H and O–H groups in total. The smallest absolute Gasteiger partial charge is 0.223 e. The molecule has 1 aromatic rings. The number of guanidine groups is 2. The molecule has 0 fully saturated rings. The summed E-state index contributed by atoms with van der Waals surface area (Å²) >= 11 is 5.79. The second-order valence-corrected chi connectivity index (χ2v) is 4.43. The molecule has 0 bridgehead atoms. The molecular formula is C13H21Cl2N5. The molecule has 112 valence electrons. The van der Waals surface area contributed by atoms with Crippen LogP contribution in [-0.2, 0) is 0 Å². The van der Waals surface area contributed by atoms with E-state index in [1.807, 2.05) is 11.8 Å². The van der Waals surface area contributed by atoms with E-state index >= 15 is 0 Å². The molecule has 0 aliphatic rings. The van der Waals surface area contributed by atoms with E-state index in [9.17, 15) is 0 Å². The minimum atomic E-state index is 0. The number of aliphatic imine (C=N–C) groups is 2. The molecule has 0 radical (unpaired) electrons. The third kappa shape index (κ3) is 6.12. The van der Waals surface area contributed by atoms with Crippen LogP contribution in [-0.4, -0.2) is 29.9 Å². The van der Waals surface area contributed by atoms with Crippen molar-refractivity contribution in [1.82, 2.24) is 4.90 Å². The van der Waals surface area contributed by atoms with Crippen LogP contribution in [0.5, 0.6) is 0 Å². The topological polar surface area (TPSA) is 80.0 Å². The van der Waals surface area contributed by atoms with Gasteiger partial charge in [0.1, 0.15) is 0 Å². The Kier molecular flexibility index (Phi) is 8.76. The second kappa shape index (κ2) is 9.44. The lowest BCUT2D eigenvalue weighted by atomic mass is 10.3. The molecule has 0 aliphatic carbocycles. The first-order valence-electron chi connectivity index (χ1n) is 6.25. The standard InChI is InChI=1S/C13H20ClN5.ClH/c1-3-9-19(4-2)13(16)18-12(15)17-11-7-5-10(14)6-8-11;/h5-8H,3-4,9H2,1-2H3,(H4,15,16,17,18);1H. The van der Waals surface area contributed by atoms with E-state index < -0.39 is 0 Å². The van der Waals surface area contributed by atoms with Gasteiger partial charge in [0, 0.05) is 18.1 Å². The van der Waals surface area contributed by atoms with Gasteiger partial charge in [-0.05, 0) is 37.6 Å². The first kappa shape index (κ1) is 18.5. The van der Waals surface area contributed by atoms with Crippen LogP contribution in [0.15, 0.2) is 34.3 Å². The zero-order valence-electron chi connectivity index (χ0n) is 11.7. The van der Waals surface area contributed by atoms with Crippen molar-refractivity contribution in [3.63, 3.8) is 0 Å². The number of nitrogens with zero attached hydrogens (tertiary/aromatic N) is 3. The molecule has 20 heavy (non-hydrogen) atoms. The van der Waals surface area contributed by atoms with Gasteiger partial charge in [0.15, 0.2) is 5.96 Å². The Balaban J connectivity index is 0.00000361. The molecule has 0 amide bonds. The average Bonchev–Trinajstić information content (AvgIpc) is 2.38. The second-order valence-electron chi connectivity index (χ2n) is 4.00. The van der Waals surface area contributed by atoms with E-state index in [1.165, 1.54) is 0 Å². The van der Waals surface area contributed by atoms with Crippen molar-refractivity contribution in [3.8, 4) is 0 Å². The summed E-state index contributed by atoms with van der Waals surface area (Å²) in [5, 5.41) is 0.653. The summed E-state index contributed by atoms with van der Waals surface area (Å²) < 4.78 is 0. The summed E-state index contributed by atoms with van der Waals surface area (Å²) in [6.45, 7) is 5.74. The third-order valence-corrected chi connectivity index (χ3v) is 2.75. The van der Waals surface area contributed by atoms with E-state index in [1.54, 1.807) is 24.3 Å². The fourth-order valence-electron chi connectivity index (χ4n) is 1.57. The van der Waals surface area contributed by atoms with Gasteiger partial charge in [0.25, 0.3) is 0 Å². The predicted molar refractivity (Wildman–Crippen MR) is 89.1 cm³/mol.